The van der Waals surface area contributed by atoms with Gasteiger partial charge in [-0.3, -0.25) is 14.4 Å². The lowest BCUT2D eigenvalue weighted by Crippen LogP contribution is -2.47. The van der Waals surface area contributed by atoms with Crippen LogP contribution < -0.4 is 0 Å². The second kappa shape index (κ2) is 9.34. The van der Waals surface area contributed by atoms with E-state index in [-0.39, 0.29) is 19.8 Å². The minimum absolute atomic E-state index is 0.135. The first-order valence-electron chi connectivity index (χ1n) is 6.96. The van der Waals surface area contributed by atoms with E-state index in [9.17, 15) is 14.4 Å². The molecule has 0 rings (SSSR count). The third-order valence-electron chi connectivity index (χ3n) is 2.54. The van der Waals surface area contributed by atoms with Gasteiger partial charge in [-0.2, -0.15) is 0 Å². The summed E-state index contributed by atoms with van der Waals surface area (Å²) in [7, 11) is 0. The summed E-state index contributed by atoms with van der Waals surface area (Å²) in [6.45, 7) is 7.03. The molecule has 0 N–H and O–H groups in total. The minimum atomic E-state index is -2.06. The molecule has 0 aromatic carbocycles. The van der Waals surface area contributed by atoms with Crippen LogP contribution in [0.25, 0.3) is 0 Å². The van der Waals surface area contributed by atoms with Crippen molar-refractivity contribution in [2.45, 2.75) is 47.0 Å². The molecule has 0 saturated heterocycles. The maximum atomic E-state index is 12.0. The molecule has 116 valence electrons. The molecule has 0 aromatic heterocycles. The van der Waals surface area contributed by atoms with Crippen molar-refractivity contribution < 1.29 is 28.6 Å². The summed E-state index contributed by atoms with van der Waals surface area (Å²) in [6.07, 6.45) is 1.78. The zero-order valence-electron chi connectivity index (χ0n) is 12.7. The maximum absolute atomic E-state index is 12.0. The molecule has 0 unspecified atom stereocenters. The largest absolute Gasteiger partial charge is 0.464 e. The van der Waals surface area contributed by atoms with Crippen LogP contribution in [-0.4, -0.2) is 37.7 Å². The van der Waals surface area contributed by atoms with E-state index in [0.717, 1.165) is 0 Å². The van der Waals surface area contributed by atoms with E-state index in [1.165, 1.54) is 6.92 Å². The Labute approximate surface area is 119 Å². The van der Waals surface area contributed by atoms with Crippen LogP contribution in [0.4, 0.5) is 0 Å². The minimum Gasteiger partial charge on any atom is -0.464 e. The van der Waals surface area contributed by atoms with E-state index < -0.39 is 23.3 Å². The molecule has 0 saturated carbocycles. The first kappa shape index (κ1) is 18.4. The van der Waals surface area contributed by atoms with E-state index >= 15 is 0 Å². The summed E-state index contributed by atoms with van der Waals surface area (Å²) >= 11 is 0. The molecule has 0 radical (unpaired) electrons. The zero-order valence-corrected chi connectivity index (χ0v) is 12.7. The molecule has 0 spiro atoms. The molecule has 0 aliphatic carbocycles. The van der Waals surface area contributed by atoms with Gasteiger partial charge < -0.3 is 14.2 Å². The topological polar surface area (TPSA) is 78.9 Å². The van der Waals surface area contributed by atoms with E-state index in [2.05, 4.69) is 0 Å². The monoisotopic (exact) mass is 288 g/mol. The van der Waals surface area contributed by atoms with Gasteiger partial charge in [0.05, 0.1) is 19.8 Å². The fourth-order valence-corrected chi connectivity index (χ4v) is 1.27. The summed E-state index contributed by atoms with van der Waals surface area (Å²) in [5.74, 6) is -2.79. The van der Waals surface area contributed by atoms with Gasteiger partial charge >= 0.3 is 17.9 Å². The standard InChI is InChI=1S/C14H24O6/c1-5-8-18-11(15)14(4,12(16)19-9-6-2)13(17)20-10-7-3/h5-10H2,1-4H3. The van der Waals surface area contributed by atoms with Gasteiger partial charge in [0.25, 0.3) is 5.41 Å². The van der Waals surface area contributed by atoms with Crippen LogP contribution in [0.3, 0.4) is 0 Å². The Morgan fingerprint density at radius 1 is 0.700 bits per heavy atom. The normalized spacial score (nSPS) is 10.8. The number of hydrogen-bond donors (Lipinski definition) is 0. The van der Waals surface area contributed by atoms with Crippen molar-refractivity contribution in [3.05, 3.63) is 0 Å². The van der Waals surface area contributed by atoms with Crippen LogP contribution in [0.2, 0.25) is 0 Å². The Morgan fingerprint density at radius 3 is 1.15 bits per heavy atom. The predicted octanol–water partition coefficient (Wildman–Crippen LogP) is 1.85. The van der Waals surface area contributed by atoms with E-state index in [1.54, 1.807) is 0 Å². The number of carbonyl (C=O) groups excluding carboxylic acids is 3. The molecule has 0 atom stereocenters. The van der Waals surface area contributed by atoms with Crippen LogP contribution in [0, 0.1) is 5.41 Å². The number of rotatable bonds is 9. The fourth-order valence-electron chi connectivity index (χ4n) is 1.27. The Bertz CT molecular complexity index is 286. The maximum Gasteiger partial charge on any atom is 0.334 e. The fraction of sp³-hybridized carbons (Fsp3) is 0.786. The van der Waals surface area contributed by atoms with Crippen molar-refractivity contribution >= 4 is 17.9 Å². The van der Waals surface area contributed by atoms with Gasteiger partial charge in [0.2, 0.25) is 0 Å². The second-order valence-electron chi connectivity index (χ2n) is 4.53. The third-order valence-corrected chi connectivity index (χ3v) is 2.54. The molecule has 6 nitrogen and oxygen atoms in total. The lowest BCUT2D eigenvalue weighted by Gasteiger charge is -2.23. The van der Waals surface area contributed by atoms with Crippen molar-refractivity contribution in [1.82, 2.24) is 0 Å². The highest BCUT2D eigenvalue weighted by molar-refractivity contribution is 6.17. The Kier molecular flexibility index (Phi) is 8.59. The van der Waals surface area contributed by atoms with Crippen LogP contribution in [-0.2, 0) is 28.6 Å². The predicted molar refractivity (Wildman–Crippen MR) is 71.9 cm³/mol. The quantitative estimate of drug-likeness (QED) is 0.366. The Hall–Kier alpha value is -1.59. The van der Waals surface area contributed by atoms with E-state index in [0.29, 0.717) is 19.3 Å². The van der Waals surface area contributed by atoms with E-state index in [1.807, 2.05) is 20.8 Å². The molecule has 6 heteroatoms. The van der Waals surface area contributed by atoms with Gasteiger partial charge in [-0.25, -0.2) is 0 Å². The summed E-state index contributed by atoms with van der Waals surface area (Å²) in [4.78, 5) is 36.0. The first-order valence-corrected chi connectivity index (χ1v) is 6.96. The van der Waals surface area contributed by atoms with Gasteiger partial charge in [-0.05, 0) is 26.2 Å². The number of ether oxygens (including phenoxy) is 3. The molecule has 0 bridgehead atoms. The number of esters is 3. The van der Waals surface area contributed by atoms with Crippen LogP contribution in [0.1, 0.15) is 47.0 Å². The Morgan fingerprint density at radius 2 is 0.950 bits per heavy atom. The number of hydrogen-bond acceptors (Lipinski definition) is 6. The molecular weight excluding hydrogens is 264 g/mol. The molecule has 0 aliphatic heterocycles. The SMILES string of the molecule is CCCOC(=O)C(C)(C(=O)OCCC)C(=O)OCCC. The third kappa shape index (κ3) is 4.83. The molecule has 0 aromatic rings. The second-order valence-corrected chi connectivity index (χ2v) is 4.53. The van der Waals surface area contributed by atoms with Crippen LogP contribution in [0.15, 0.2) is 0 Å². The number of carbonyl (C=O) groups is 3. The summed E-state index contributed by atoms with van der Waals surface area (Å²) in [5.41, 5.74) is -2.06. The van der Waals surface area contributed by atoms with E-state index in [4.69, 9.17) is 14.2 Å². The Balaban J connectivity index is 5.05. The van der Waals surface area contributed by atoms with Crippen LogP contribution >= 0.6 is 0 Å². The molecule has 0 fully saturated rings. The van der Waals surface area contributed by atoms with Crippen LogP contribution in [0.5, 0.6) is 0 Å². The van der Waals surface area contributed by atoms with Gasteiger partial charge in [-0.15, -0.1) is 0 Å². The highest BCUT2D eigenvalue weighted by atomic mass is 16.6. The highest BCUT2D eigenvalue weighted by Crippen LogP contribution is 2.23. The summed E-state index contributed by atoms with van der Waals surface area (Å²) in [5, 5.41) is 0. The first-order chi connectivity index (χ1) is 9.44. The summed E-state index contributed by atoms with van der Waals surface area (Å²) < 4.78 is 14.8. The average molecular weight is 288 g/mol. The smallest absolute Gasteiger partial charge is 0.334 e. The van der Waals surface area contributed by atoms with Gasteiger partial charge in [-0.1, -0.05) is 20.8 Å². The van der Waals surface area contributed by atoms with Gasteiger partial charge in [0.1, 0.15) is 0 Å². The molecule has 0 heterocycles. The van der Waals surface area contributed by atoms with Crippen molar-refractivity contribution in [3.8, 4) is 0 Å². The lowest BCUT2D eigenvalue weighted by molar-refractivity contribution is -0.182. The summed E-state index contributed by atoms with van der Waals surface area (Å²) in [6, 6.07) is 0. The van der Waals surface area contributed by atoms with Gasteiger partial charge in [0.15, 0.2) is 0 Å². The zero-order chi connectivity index (χ0) is 15.6. The molecule has 0 amide bonds. The average Bonchev–Trinajstić information content (AvgIpc) is 2.46. The lowest BCUT2D eigenvalue weighted by atomic mass is 9.91. The molecule has 0 aliphatic rings. The van der Waals surface area contributed by atoms with Crippen molar-refractivity contribution in [1.29, 1.82) is 0 Å². The van der Waals surface area contributed by atoms with Crippen molar-refractivity contribution in [3.63, 3.8) is 0 Å². The van der Waals surface area contributed by atoms with Crippen molar-refractivity contribution in [2.24, 2.45) is 5.41 Å². The van der Waals surface area contributed by atoms with Crippen molar-refractivity contribution in [2.75, 3.05) is 19.8 Å². The van der Waals surface area contributed by atoms with Gasteiger partial charge in [0, 0.05) is 0 Å². The molecular formula is C14H24O6. The molecule has 20 heavy (non-hydrogen) atoms. The highest BCUT2D eigenvalue weighted by Gasteiger charge is 2.53.